The summed E-state index contributed by atoms with van der Waals surface area (Å²) >= 11 is 6.89. The lowest BCUT2D eigenvalue weighted by molar-refractivity contribution is -0.119. The van der Waals surface area contributed by atoms with Gasteiger partial charge < -0.3 is 5.32 Å². The maximum absolute atomic E-state index is 11.1. The van der Waals surface area contributed by atoms with Gasteiger partial charge in [-0.15, -0.1) is 22.9 Å². The van der Waals surface area contributed by atoms with Crippen LogP contribution in [-0.4, -0.2) is 17.8 Å². The number of nitrogens with one attached hydrogen (secondary N) is 2. The summed E-state index contributed by atoms with van der Waals surface area (Å²) in [7, 11) is 0. The van der Waals surface area contributed by atoms with Crippen LogP contribution in [0.25, 0.3) is 0 Å². The highest BCUT2D eigenvalue weighted by molar-refractivity contribution is 7.09. The molecular formula is C9H11ClN2O2S. The van der Waals surface area contributed by atoms with E-state index in [1.807, 2.05) is 17.5 Å². The number of imide groups is 1. The van der Waals surface area contributed by atoms with Gasteiger partial charge in [0.1, 0.15) is 0 Å². The molecule has 0 radical (unpaired) electrons. The number of carbonyl (C=O) groups excluding carboxylic acids is 2. The van der Waals surface area contributed by atoms with Gasteiger partial charge in [-0.05, 0) is 11.4 Å². The van der Waals surface area contributed by atoms with Crippen LogP contribution >= 0.6 is 22.9 Å². The fourth-order valence-corrected chi connectivity index (χ4v) is 1.72. The molecule has 3 amide bonds. The van der Waals surface area contributed by atoms with Gasteiger partial charge in [-0.1, -0.05) is 6.07 Å². The van der Waals surface area contributed by atoms with E-state index in [1.54, 1.807) is 11.3 Å². The van der Waals surface area contributed by atoms with E-state index in [0.29, 0.717) is 6.54 Å². The average molecular weight is 247 g/mol. The number of amides is 3. The van der Waals surface area contributed by atoms with Gasteiger partial charge in [0, 0.05) is 17.2 Å². The maximum Gasteiger partial charge on any atom is 0.321 e. The Morgan fingerprint density at radius 3 is 2.87 bits per heavy atom. The molecular weight excluding hydrogens is 236 g/mol. The number of hydrogen-bond acceptors (Lipinski definition) is 3. The first-order valence-electron chi connectivity index (χ1n) is 4.38. The van der Waals surface area contributed by atoms with Gasteiger partial charge in [-0.25, -0.2) is 4.79 Å². The van der Waals surface area contributed by atoms with E-state index >= 15 is 0 Å². The lowest BCUT2D eigenvalue weighted by Crippen LogP contribution is -2.38. The maximum atomic E-state index is 11.1. The van der Waals surface area contributed by atoms with E-state index in [4.69, 9.17) is 11.6 Å². The highest BCUT2D eigenvalue weighted by Crippen LogP contribution is 2.06. The van der Waals surface area contributed by atoms with Crippen molar-refractivity contribution >= 4 is 34.9 Å². The van der Waals surface area contributed by atoms with Gasteiger partial charge >= 0.3 is 6.03 Å². The molecule has 1 heterocycles. The number of carbonyl (C=O) groups is 2. The topological polar surface area (TPSA) is 58.2 Å². The molecule has 0 aliphatic carbocycles. The third-order valence-electron chi connectivity index (χ3n) is 1.58. The van der Waals surface area contributed by atoms with Crippen molar-refractivity contribution in [3.05, 3.63) is 22.4 Å². The van der Waals surface area contributed by atoms with Crippen molar-refractivity contribution in [2.75, 3.05) is 5.88 Å². The van der Waals surface area contributed by atoms with Crippen LogP contribution in [0.1, 0.15) is 11.3 Å². The summed E-state index contributed by atoms with van der Waals surface area (Å²) in [4.78, 5) is 23.1. The second-order valence-corrected chi connectivity index (χ2v) is 4.16. The molecule has 0 atom stereocenters. The van der Waals surface area contributed by atoms with Gasteiger partial charge in [0.2, 0.25) is 5.91 Å². The molecule has 82 valence electrons. The summed E-state index contributed by atoms with van der Waals surface area (Å²) in [5.41, 5.74) is 0. The zero-order chi connectivity index (χ0) is 11.1. The number of halogens is 1. The second kappa shape index (κ2) is 6.42. The molecule has 15 heavy (non-hydrogen) atoms. The van der Waals surface area contributed by atoms with Crippen molar-refractivity contribution in [2.24, 2.45) is 0 Å². The van der Waals surface area contributed by atoms with E-state index in [9.17, 15) is 9.59 Å². The minimum atomic E-state index is -0.487. The van der Waals surface area contributed by atoms with Crippen LogP contribution in [0, 0.1) is 0 Å². The van der Waals surface area contributed by atoms with Crippen LogP contribution in [0.15, 0.2) is 17.5 Å². The Balaban J connectivity index is 2.22. The first-order valence-corrected chi connectivity index (χ1v) is 5.80. The SMILES string of the molecule is O=C(CCCl)NC(=O)NCc1cccs1. The van der Waals surface area contributed by atoms with Gasteiger partial charge in [0.05, 0.1) is 6.54 Å². The van der Waals surface area contributed by atoms with Gasteiger partial charge in [0.25, 0.3) is 0 Å². The van der Waals surface area contributed by atoms with Crippen molar-refractivity contribution < 1.29 is 9.59 Å². The number of rotatable bonds is 4. The molecule has 4 nitrogen and oxygen atoms in total. The first kappa shape index (κ1) is 12.0. The minimum Gasteiger partial charge on any atom is -0.333 e. The van der Waals surface area contributed by atoms with E-state index < -0.39 is 6.03 Å². The molecule has 0 fully saturated rings. The molecule has 1 aromatic rings. The van der Waals surface area contributed by atoms with Crippen LogP contribution in [0.3, 0.4) is 0 Å². The van der Waals surface area contributed by atoms with E-state index in [2.05, 4.69) is 10.6 Å². The third kappa shape index (κ3) is 4.80. The lowest BCUT2D eigenvalue weighted by Gasteiger charge is -2.04. The molecule has 0 spiro atoms. The summed E-state index contributed by atoms with van der Waals surface area (Å²) in [6.07, 6.45) is 0.147. The number of thiophene rings is 1. The summed E-state index contributed by atoms with van der Waals surface area (Å²) in [5.74, 6) is -0.155. The highest BCUT2D eigenvalue weighted by atomic mass is 35.5. The molecule has 2 N–H and O–H groups in total. The van der Waals surface area contributed by atoms with Crippen molar-refractivity contribution in [1.82, 2.24) is 10.6 Å². The van der Waals surface area contributed by atoms with Crippen molar-refractivity contribution in [3.63, 3.8) is 0 Å². The molecule has 0 bridgehead atoms. The summed E-state index contributed by atoms with van der Waals surface area (Å²) in [6.45, 7) is 0.428. The molecule has 0 aromatic carbocycles. The van der Waals surface area contributed by atoms with Crippen LogP contribution in [-0.2, 0) is 11.3 Å². The summed E-state index contributed by atoms with van der Waals surface area (Å²) in [6, 6.07) is 3.32. The lowest BCUT2D eigenvalue weighted by atomic mass is 10.4. The van der Waals surface area contributed by atoms with Gasteiger partial charge in [-0.3, -0.25) is 10.1 Å². The van der Waals surface area contributed by atoms with Crippen LogP contribution < -0.4 is 10.6 Å². The van der Waals surface area contributed by atoms with E-state index in [-0.39, 0.29) is 18.2 Å². The quantitative estimate of drug-likeness (QED) is 0.795. The smallest absolute Gasteiger partial charge is 0.321 e. The Morgan fingerprint density at radius 1 is 1.47 bits per heavy atom. The summed E-state index contributed by atoms with van der Waals surface area (Å²) in [5, 5.41) is 6.67. The highest BCUT2D eigenvalue weighted by Gasteiger charge is 2.06. The Kier molecular flexibility index (Phi) is 5.14. The molecule has 0 saturated carbocycles. The Hall–Kier alpha value is -1.07. The van der Waals surface area contributed by atoms with E-state index in [0.717, 1.165) is 4.88 Å². The normalized spacial score (nSPS) is 9.67. The zero-order valence-electron chi connectivity index (χ0n) is 7.96. The largest absolute Gasteiger partial charge is 0.333 e. The van der Waals surface area contributed by atoms with Crippen molar-refractivity contribution in [1.29, 1.82) is 0 Å². The Morgan fingerprint density at radius 2 is 2.27 bits per heavy atom. The van der Waals surface area contributed by atoms with Crippen LogP contribution in [0.4, 0.5) is 4.79 Å². The number of urea groups is 1. The van der Waals surface area contributed by atoms with Gasteiger partial charge in [0.15, 0.2) is 0 Å². The third-order valence-corrected chi connectivity index (χ3v) is 2.64. The van der Waals surface area contributed by atoms with Crippen molar-refractivity contribution in [3.8, 4) is 0 Å². The van der Waals surface area contributed by atoms with Gasteiger partial charge in [-0.2, -0.15) is 0 Å². The fraction of sp³-hybridized carbons (Fsp3) is 0.333. The Bertz CT molecular complexity index is 327. The van der Waals surface area contributed by atoms with Crippen LogP contribution in [0.5, 0.6) is 0 Å². The molecule has 1 aromatic heterocycles. The molecule has 0 aliphatic rings. The molecule has 0 saturated heterocycles. The molecule has 0 aliphatic heterocycles. The monoisotopic (exact) mass is 246 g/mol. The van der Waals surface area contributed by atoms with Crippen LogP contribution in [0.2, 0.25) is 0 Å². The predicted octanol–water partition coefficient (Wildman–Crippen LogP) is 1.70. The van der Waals surface area contributed by atoms with Crippen molar-refractivity contribution in [2.45, 2.75) is 13.0 Å². The number of alkyl halides is 1. The Labute approximate surface area is 96.6 Å². The molecule has 6 heteroatoms. The predicted molar refractivity (Wildman–Crippen MR) is 60.0 cm³/mol. The summed E-state index contributed by atoms with van der Waals surface area (Å²) < 4.78 is 0. The molecule has 0 unspecified atom stereocenters. The number of hydrogen-bond donors (Lipinski definition) is 2. The first-order chi connectivity index (χ1) is 7.22. The molecule has 1 rings (SSSR count). The standard InChI is InChI=1S/C9H11ClN2O2S/c10-4-3-8(13)12-9(14)11-6-7-2-1-5-15-7/h1-2,5H,3-4,6H2,(H2,11,12,13,14). The second-order valence-electron chi connectivity index (χ2n) is 2.75. The minimum absolute atomic E-state index is 0.147. The fourth-order valence-electron chi connectivity index (χ4n) is 0.900. The average Bonchev–Trinajstić information content (AvgIpc) is 2.67. The zero-order valence-corrected chi connectivity index (χ0v) is 9.53. The van der Waals surface area contributed by atoms with E-state index in [1.165, 1.54) is 0 Å².